The molecule has 148 valence electrons. The lowest BCUT2D eigenvalue weighted by molar-refractivity contribution is 0.0610. The summed E-state index contributed by atoms with van der Waals surface area (Å²) < 4.78 is 25.4. The summed E-state index contributed by atoms with van der Waals surface area (Å²) in [6.45, 7) is 3.66. The molecule has 1 aliphatic heterocycles. The number of nitrogens with zero attached hydrogens (tertiary/aromatic N) is 3. The number of hydrogen-bond donors (Lipinski definition) is 1. The minimum atomic E-state index is -3.88. The molecule has 1 aliphatic rings. The maximum Gasteiger partial charge on any atom is 0.272 e. The number of aryl methyl sites for hydroxylation is 1. The fraction of sp³-hybridized carbons (Fsp3) is 0.190. The van der Waals surface area contributed by atoms with Crippen LogP contribution >= 0.6 is 0 Å². The van der Waals surface area contributed by atoms with E-state index < -0.39 is 22.0 Å². The Morgan fingerprint density at radius 3 is 2.45 bits per heavy atom. The minimum Gasteiger partial charge on any atom is -0.267 e. The second kappa shape index (κ2) is 7.38. The molecule has 1 amide bonds. The first-order valence-corrected chi connectivity index (χ1v) is 10.7. The molecule has 0 saturated heterocycles. The van der Waals surface area contributed by atoms with Gasteiger partial charge in [0.1, 0.15) is 0 Å². The second-order valence-corrected chi connectivity index (χ2v) is 8.72. The highest BCUT2D eigenvalue weighted by atomic mass is 32.2. The van der Waals surface area contributed by atoms with Gasteiger partial charge in [0.15, 0.2) is 5.82 Å². The second-order valence-electron chi connectivity index (χ2n) is 7.06. The van der Waals surface area contributed by atoms with Crippen LogP contribution in [0.4, 0.5) is 0 Å². The van der Waals surface area contributed by atoms with E-state index in [4.69, 9.17) is 0 Å². The molecule has 7 nitrogen and oxygen atoms in total. The molecule has 2 heterocycles. The summed E-state index contributed by atoms with van der Waals surface area (Å²) in [6, 6.07) is 15.6. The number of rotatable bonds is 4. The van der Waals surface area contributed by atoms with Crippen LogP contribution in [0.25, 0.3) is 11.4 Å². The predicted octanol–water partition coefficient (Wildman–Crippen LogP) is 2.73. The summed E-state index contributed by atoms with van der Waals surface area (Å²) in [5.74, 6) is 0.0760. The molecule has 1 N–H and O–H groups in total. The molecule has 0 aliphatic carbocycles. The van der Waals surface area contributed by atoms with Gasteiger partial charge in [0, 0.05) is 18.2 Å². The first kappa shape index (κ1) is 19.2. The summed E-state index contributed by atoms with van der Waals surface area (Å²) >= 11 is 0. The summed E-state index contributed by atoms with van der Waals surface area (Å²) in [5, 5.41) is 1.14. The van der Waals surface area contributed by atoms with Gasteiger partial charge < -0.3 is 0 Å². The summed E-state index contributed by atoms with van der Waals surface area (Å²) in [5.41, 5.74) is 2.72. The van der Waals surface area contributed by atoms with E-state index >= 15 is 0 Å². The van der Waals surface area contributed by atoms with Gasteiger partial charge in [0.05, 0.1) is 22.2 Å². The number of carbonyl (C=O) groups is 1. The Morgan fingerprint density at radius 2 is 1.76 bits per heavy atom. The van der Waals surface area contributed by atoms with Gasteiger partial charge >= 0.3 is 0 Å². The number of carbonyl (C=O) groups excluding carboxylic acids is 1. The van der Waals surface area contributed by atoms with E-state index in [1.54, 1.807) is 19.1 Å². The molecule has 2 aromatic carbocycles. The smallest absolute Gasteiger partial charge is 0.267 e. The van der Waals surface area contributed by atoms with E-state index in [1.807, 2.05) is 37.3 Å². The molecule has 0 fully saturated rings. The van der Waals surface area contributed by atoms with E-state index in [1.165, 1.54) is 18.3 Å². The Kier molecular flexibility index (Phi) is 4.89. The molecule has 1 aromatic heterocycles. The van der Waals surface area contributed by atoms with Crippen molar-refractivity contribution in [3.05, 3.63) is 77.6 Å². The summed E-state index contributed by atoms with van der Waals surface area (Å²) in [4.78, 5) is 24.3. The van der Waals surface area contributed by atoms with Crippen molar-refractivity contribution < 1.29 is 13.2 Å². The number of nitrogens with one attached hydrogen (secondary N) is 1. The molecule has 1 unspecified atom stereocenters. The number of fused-ring (bicyclic) bond motifs is 1. The van der Waals surface area contributed by atoms with Crippen molar-refractivity contribution >= 4 is 15.9 Å². The van der Waals surface area contributed by atoms with Gasteiger partial charge in [0.2, 0.25) is 0 Å². The zero-order chi connectivity index (χ0) is 20.6. The van der Waals surface area contributed by atoms with Crippen LogP contribution in [0.1, 0.15) is 28.5 Å². The average molecular weight is 408 g/mol. The molecule has 8 heteroatoms. The zero-order valence-electron chi connectivity index (χ0n) is 16.0. The van der Waals surface area contributed by atoms with Crippen molar-refractivity contribution in [2.24, 2.45) is 0 Å². The van der Waals surface area contributed by atoms with E-state index in [-0.39, 0.29) is 4.90 Å². The Bertz CT molecular complexity index is 1160. The van der Waals surface area contributed by atoms with Crippen molar-refractivity contribution in [3.8, 4) is 11.4 Å². The highest BCUT2D eigenvalue weighted by Gasteiger charge is 2.34. The van der Waals surface area contributed by atoms with Crippen LogP contribution in [-0.2, 0) is 16.4 Å². The SMILES string of the molecule is Cc1ccc(S(=O)(=O)NN2C(=O)c3cnc(-c4ccccc4)nc3CC2C)cc1. The highest BCUT2D eigenvalue weighted by Crippen LogP contribution is 2.24. The van der Waals surface area contributed by atoms with Crippen LogP contribution in [0.5, 0.6) is 0 Å². The lowest BCUT2D eigenvalue weighted by Crippen LogP contribution is -2.54. The Morgan fingerprint density at radius 1 is 1.07 bits per heavy atom. The normalized spacial score (nSPS) is 16.6. The molecule has 29 heavy (non-hydrogen) atoms. The molecular weight excluding hydrogens is 388 g/mol. The number of benzene rings is 2. The van der Waals surface area contributed by atoms with E-state index in [0.29, 0.717) is 23.5 Å². The van der Waals surface area contributed by atoms with E-state index in [9.17, 15) is 13.2 Å². The fourth-order valence-corrected chi connectivity index (χ4v) is 4.33. The van der Waals surface area contributed by atoms with Crippen LogP contribution in [-0.4, -0.2) is 35.3 Å². The van der Waals surface area contributed by atoms with Crippen LogP contribution in [0, 0.1) is 6.92 Å². The number of amides is 1. The van der Waals surface area contributed by atoms with Gasteiger partial charge in [-0.15, -0.1) is 4.83 Å². The quantitative estimate of drug-likeness (QED) is 0.717. The molecule has 0 spiro atoms. The molecular formula is C21H20N4O3S. The maximum absolute atomic E-state index is 13.0. The zero-order valence-corrected chi connectivity index (χ0v) is 16.8. The van der Waals surface area contributed by atoms with E-state index in [2.05, 4.69) is 14.8 Å². The Hall–Kier alpha value is -3.10. The van der Waals surface area contributed by atoms with Gasteiger partial charge in [-0.05, 0) is 26.0 Å². The molecule has 1 atom stereocenters. The predicted molar refractivity (Wildman–Crippen MR) is 108 cm³/mol. The first-order valence-electron chi connectivity index (χ1n) is 9.19. The monoisotopic (exact) mass is 408 g/mol. The topological polar surface area (TPSA) is 92.3 Å². The number of aromatic nitrogens is 2. The lowest BCUT2D eigenvalue weighted by Gasteiger charge is -2.33. The molecule has 3 aromatic rings. The third-order valence-corrected chi connectivity index (χ3v) is 6.16. The van der Waals surface area contributed by atoms with E-state index in [0.717, 1.165) is 16.1 Å². The van der Waals surface area contributed by atoms with Gasteiger partial charge in [-0.25, -0.2) is 18.4 Å². The van der Waals surface area contributed by atoms with Crippen molar-refractivity contribution in [1.29, 1.82) is 0 Å². The lowest BCUT2D eigenvalue weighted by atomic mass is 10.0. The third-order valence-electron chi connectivity index (χ3n) is 4.83. The minimum absolute atomic E-state index is 0.101. The third kappa shape index (κ3) is 3.76. The largest absolute Gasteiger partial charge is 0.272 e. The first-order chi connectivity index (χ1) is 13.8. The van der Waals surface area contributed by atoms with Crippen molar-refractivity contribution in [2.75, 3.05) is 0 Å². The van der Waals surface area contributed by atoms with Gasteiger partial charge in [-0.1, -0.05) is 48.0 Å². The fourth-order valence-electron chi connectivity index (χ4n) is 3.21. The highest BCUT2D eigenvalue weighted by molar-refractivity contribution is 7.89. The molecule has 4 rings (SSSR count). The van der Waals surface area contributed by atoms with Crippen LogP contribution < -0.4 is 4.83 Å². The van der Waals surface area contributed by atoms with Crippen molar-refractivity contribution in [1.82, 2.24) is 19.8 Å². The molecule has 0 bridgehead atoms. The maximum atomic E-state index is 13.0. The standard InChI is InChI=1S/C21H20N4O3S/c1-14-8-10-17(11-9-14)29(27,28)24-25-15(2)12-19-18(21(25)26)13-22-20(23-19)16-6-4-3-5-7-16/h3-11,13,15,24H,12H2,1-2H3. The number of hydrogen-bond acceptors (Lipinski definition) is 5. The number of hydrazine groups is 1. The molecule has 0 saturated carbocycles. The summed E-state index contributed by atoms with van der Waals surface area (Å²) in [6.07, 6.45) is 1.88. The van der Waals surface area contributed by atoms with Crippen molar-refractivity contribution in [2.45, 2.75) is 31.2 Å². The molecule has 0 radical (unpaired) electrons. The van der Waals surface area contributed by atoms with Crippen LogP contribution in [0.3, 0.4) is 0 Å². The van der Waals surface area contributed by atoms with Gasteiger partial charge in [0.25, 0.3) is 15.9 Å². The van der Waals surface area contributed by atoms with Gasteiger partial charge in [-0.2, -0.15) is 0 Å². The number of sulfonamides is 1. The Labute approximate surface area is 169 Å². The Balaban J connectivity index is 1.62. The van der Waals surface area contributed by atoms with Gasteiger partial charge in [-0.3, -0.25) is 9.80 Å². The van der Waals surface area contributed by atoms with Crippen LogP contribution in [0.15, 0.2) is 65.7 Å². The van der Waals surface area contributed by atoms with Crippen molar-refractivity contribution in [3.63, 3.8) is 0 Å². The summed E-state index contributed by atoms with van der Waals surface area (Å²) in [7, 11) is -3.88. The average Bonchev–Trinajstić information content (AvgIpc) is 2.72. The van der Waals surface area contributed by atoms with Crippen LogP contribution in [0.2, 0.25) is 0 Å².